The molecule has 5 heteroatoms. The summed E-state index contributed by atoms with van der Waals surface area (Å²) in [5, 5.41) is 2.01. The molecule has 0 aliphatic heterocycles. The fourth-order valence-corrected chi connectivity index (χ4v) is 2.19. The van der Waals surface area contributed by atoms with Crippen LogP contribution in [0.1, 0.15) is 11.8 Å². The number of ether oxygens (including phenoxy) is 1. The number of methoxy groups -OCH3 is 1. The van der Waals surface area contributed by atoms with Crippen molar-refractivity contribution >= 4 is 17.2 Å². The summed E-state index contributed by atoms with van der Waals surface area (Å²) in [6, 6.07) is 4.02. The van der Waals surface area contributed by atoms with Gasteiger partial charge in [-0.25, -0.2) is 0 Å². The number of amides is 1. The van der Waals surface area contributed by atoms with Crippen molar-refractivity contribution in [2.75, 3.05) is 26.8 Å². The summed E-state index contributed by atoms with van der Waals surface area (Å²) in [7, 11) is 1.64. The molecule has 1 amide bonds. The van der Waals surface area contributed by atoms with E-state index in [9.17, 15) is 4.79 Å². The Hall–Kier alpha value is -0.910. The molecule has 0 bridgehead atoms. The lowest BCUT2D eigenvalue weighted by molar-refractivity contribution is -0.135. The number of carbonyl (C=O) groups is 1. The van der Waals surface area contributed by atoms with Crippen LogP contribution < -0.4 is 5.73 Å². The first-order valence-electron chi connectivity index (χ1n) is 5.69. The summed E-state index contributed by atoms with van der Waals surface area (Å²) < 4.78 is 5.03. The second-order valence-corrected chi connectivity index (χ2v) is 5.00. The Morgan fingerprint density at radius 3 is 2.94 bits per heavy atom. The molecule has 1 atom stereocenters. The molecule has 0 fully saturated rings. The van der Waals surface area contributed by atoms with Crippen LogP contribution in [0.15, 0.2) is 17.5 Å². The molecule has 1 rings (SSSR count). The van der Waals surface area contributed by atoms with Crippen molar-refractivity contribution in [2.45, 2.75) is 13.5 Å². The molecule has 1 unspecified atom stereocenters. The third-order valence-electron chi connectivity index (χ3n) is 2.58. The van der Waals surface area contributed by atoms with Crippen LogP contribution in [-0.2, 0) is 16.1 Å². The van der Waals surface area contributed by atoms with Crippen molar-refractivity contribution in [1.82, 2.24) is 4.90 Å². The lowest BCUT2D eigenvalue weighted by Crippen LogP contribution is -2.39. The number of rotatable bonds is 7. The highest BCUT2D eigenvalue weighted by molar-refractivity contribution is 7.09. The predicted molar refractivity (Wildman–Crippen MR) is 69.8 cm³/mol. The molecule has 0 radical (unpaired) electrons. The zero-order valence-corrected chi connectivity index (χ0v) is 11.2. The third-order valence-corrected chi connectivity index (χ3v) is 3.44. The number of nitrogens with zero attached hydrogens (tertiary/aromatic N) is 1. The summed E-state index contributed by atoms with van der Waals surface area (Å²) in [5.41, 5.74) is 5.54. The minimum absolute atomic E-state index is 0.0953. The largest absolute Gasteiger partial charge is 0.383 e. The fraction of sp³-hybridized carbons (Fsp3) is 0.583. The van der Waals surface area contributed by atoms with Crippen LogP contribution in [0, 0.1) is 5.92 Å². The normalized spacial score (nSPS) is 12.4. The molecule has 0 saturated heterocycles. The van der Waals surface area contributed by atoms with Gasteiger partial charge in [-0.05, 0) is 11.4 Å². The first-order valence-corrected chi connectivity index (χ1v) is 6.57. The summed E-state index contributed by atoms with van der Waals surface area (Å²) in [5.74, 6) is -0.0373. The number of thiophene rings is 1. The highest BCUT2D eigenvalue weighted by Gasteiger charge is 2.19. The Labute approximate surface area is 106 Å². The molecule has 0 spiro atoms. The monoisotopic (exact) mass is 256 g/mol. The SMILES string of the molecule is COCCN(Cc1cccs1)C(=O)C(C)CN. The Bertz CT molecular complexity index is 327. The van der Waals surface area contributed by atoms with E-state index in [0.29, 0.717) is 26.2 Å². The second-order valence-electron chi connectivity index (χ2n) is 3.97. The Morgan fingerprint density at radius 1 is 1.65 bits per heavy atom. The Balaban J connectivity index is 2.62. The second kappa shape index (κ2) is 7.42. The molecule has 1 aromatic heterocycles. The van der Waals surface area contributed by atoms with Gasteiger partial charge in [-0.1, -0.05) is 13.0 Å². The summed E-state index contributed by atoms with van der Waals surface area (Å²) in [6.07, 6.45) is 0. The number of nitrogens with two attached hydrogens (primary N) is 1. The van der Waals surface area contributed by atoms with Crippen molar-refractivity contribution in [3.8, 4) is 0 Å². The summed E-state index contributed by atoms with van der Waals surface area (Å²) in [6.45, 7) is 4.04. The molecule has 17 heavy (non-hydrogen) atoms. The van der Waals surface area contributed by atoms with Gasteiger partial charge in [0.15, 0.2) is 0 Å². The maximum atomic E-state index is 12.1. The van der Waals surface area contributed by atoms with Crippen molar-refractivity contribution in [3.63, 3.8) is 0 Å². The van der Waals surface area contributed by atoms with Gasteiger partial charge in [-0.3, -0.25) is 4.79 Å². The van der Waals surface area contributed by atoms with Gasteiger partial charge >= 0.3 is 0 Å². The average molecular weight is 256 g/mol. The molecular weight excluding hydrogens is 236 g/mol. The molecule has 1 aromatic rings. The van der Waals surface area contributed by atoms with Crippen LogP contribution in [0.5, 0.6) is 0 Å². The van der Waals surface area contributed by atoms with Gasteiger partial charge in [0.05, 0.1) is 13.2 Å². The Morgan fingerprint density at radius 2 is 2.41 bits per heavy atom. The molecule has 0 aliphatic carbocycles. The molecule has 4 nitrogen and oxygen atoms in total. The standard InChI is InChI=1S/C12H20N2O2S/c1-10(8-13)12(15)14(5-6-16-2)9-11-4-3-7-17-11/h3-4,7,10H,5-6,8-9,13H2,1-2H3. The van der Waals surface area contributed by atoms with Crippen molar-refractivity contribution in [3.05, 3.63) is 22.4 Å². The zero-order valence-electron chi connectivity index (χ0n) is 10.4. The molecule has 0 aliphatic rings. The fourth-order valence-electron chi connectivity index (χ4n) is 1.47. The first-order chi connectivity index (χ1) is 8.19. The van der Waals surface area contributed by atoms with E-state index in [-0.39, 0.29) is 11.8 Å². The zero-order chi connectivity index (χ0) is 12.7. The summed E-state index contributed by atoms with van der Waals surface area (Å²) >= 11 is 1.66. The third kappa shape index (κ3) is 4.46. The maximum absolute atomic E-state index is 12.1. The van der Waals surface area contributed by atoms with E-state index in [1.807, 2.05) is 29.3 Å². The van der Waals surface area contributed by atoms with Crippen molar-refractivity contribution in [2.24, 2.45) is 11.7 Å². The highest BCUT2D eigenvalue weighted by atomic mass is 32.1. The van der Waals surface area contributed by atoms with E-state index in [1.165, 1.54) is 4.88 Å². The van der Waals surface area contributed by atoms with Gasteiger partial charge in [0, 0.05) is 31.0 Å². The first kappa shape index (κ1) is 14.2. The van der Waals surface area contributed by atoms with Gasteiger partial charge in [0.2, 0.25) is 5.91 Å². The van der Waals surface area contributed by atoms with Crippen LogP contribution in [0.4, 0.5) is 0 Å². The van der Waals surface area contributed by atoms with E-state index >= 15 is 0 Å². The van der Waals surface area contributed by atoms with Crippen molar-refractivity contribution < 1.29 is 9.53 Å². The van der Waals surface area contributed by atoms with E-state index < -0.39 is 0 Å². The van der Waals surface area contributed by atoms with Crippen LogP contribution >= 0.6 is 11.3 Å². The minimum Gasteiger partial charge on any atom is -0.383 e. The lowest BCUT2D eigenvalue weighted by atomic mass is 10.1. The highest BCUT2D eigenvalue weighted by Crippen LogP contribution is 2.13. The smallest absolute Gasteiger partial charge is 0.227 e. The van der Waals surface area contributed by atoms with E-state index in [0.717, 1.165) is 0 Å². The molecule has 1 heterocycles. The van der Waals surface area contributed by atoms with Gasteiger partial charge in [0.1, 0.15) is 0 Å². The molecule has 96 valence electrons. The number of carbonyl (C=O) groups excluding carboxylic acids is 1. The van der Waals surface area contributed by atoms with Gasteiger partial charge in [0.25, 0.3) is 0 Å². The van der Waals surface area contributed by atoms with Gasteiger partial charge in [-0.2, -0.15) is 0 Å². The number of hydrogen-bond donors (Lipinski definition) is 1. The van der Waals surface area contributed by atoms with E-state index in [4.69, 9.17) is 10.5 Å². The van der Waals surface area contributed by atoms with Gasteiger partial charge < -0.3 is 15.4 Å². The van der Waals surface area contributed by atoms with Crippen LogP contribution in [0.3, 0.4) is 0 Å². The maximum Gasteiger partial charge on any atom is 0.227 e. The molecule has 0 saturated carbocycles. The van der Waals surface area contributed by atoms with Crippen LogP contribution in [0.2, 0.25) is 0 Å². The average Bonchev–Trinajstić information content (AvgIpc) is 2.85. The molecular formula is C12H20N2O2S. The Kier molecular flexibility index (Phi) is 6.18. The molecule has 2 N–H and O–H groups in total. The van der Waals surface area contributed by atoms with Crippen LogP contribution in [-0.4, -0.2) is 37.6 Å². The summed E-state index contributed by atoms with van der Waals surface area (Å²) in [4.78, 5) is 15.1. The van der Waals surface area contributed by atoms with E-state index in [1.54, 1.807) is 18.4 Å². The quantitative estimate of drug-likeness (QED) is 0.800. The number of hydrogen-bond acceptors (Lipinski definition) is 4. The van der Waals surface area contributed by atoms with Crippen molar-refractivity contribution in [1.29, 1.82) is 0 Å². The minimum atomic E-state index is -0.133. The predicted octanol–water partition coefficient (Wildman–Crippen LogP) is 1.32. The van der Waals surface area contributed by atoms with E-state index in [2.05, 4.69) is 0 Å². The molecule has 0 aromatic carbocycles. The van der Waals surface area contributed by atoms with Crippen LogP contribution in [0.25, 0.3) is 0 Å². The lowest BCUT2D eigenvalue weighted by Gasteiger charge is -2.24. The topological polar surface area (TPSA) is 55.6 Å². The van der Waals surface area contributed by atoms with Gasteiger partial charge in [-0.15, -0.1) is 11.3 Å².